The van der Waals surface area contributed by atoms with Gasteiger partial charge in [-0.3, -0.25) is 10.1 Å². The van der Waals surface area contributed by atoms with Crippen molar-refractivity contribution < 1.29 is 9.66 Å². The van der Waals surface area contributed by atoms with Crippen molar-refractivity contribution in [2.45, 2.75) is 13.0 Å². The average Bonchev–Trinajstić information content (AvgIpc) is 2.28. The van der Waals surface area contributed by atoms with Crippen molar-refractivity contribution in [2.24, 2.45) is 0 Å². The van der Waals surface area contributed by atoms with E-state index in [1.807, 2.05) is 11.8 Å². The molecular weight excluding hydrogens is 248 g/mol. The molecule has 1 saturated heterocycles. The first-order valence-electron chi connectivity index (χ1n) is 5.10. The van der Waals surface area contributed by atoms with Crippen LogP contribution in [-0.4, -0.2) is 40.7 Å². The predicted octanol–water partition coefficient (Wildman–Crippen LogP) is 1.26. The van der Waals surface area contributed by atoms with E-state index in [4.69, 9.17) is 16.3 Å². The van der Waals surface area contributed by atoms with Crippen LogP contribution in [0.2, 0.25) is 5.15 Å². The van der Waals surface area contributed by atoms with Crippen molar-refractivity contribution in [3.63, 3.8) is 0 Å². The van der Waals surface area contributed by atoms with E-state index in [-0.39, 0.29) is 22.7 Å². The minimum absolute atomic E-state index is 0.0217. The summed E-state index contributed by atoms with van der Waals surface area (Å²) in [6.45, 7) is 3.50. The van der Waals surface area contributed by atoms with Gasteiger partial charge in [-0.2, -0.15) is 0 Å². The first-order valence-corrected chi connectivity index (χ1v) is 5.48. The van der Waals surface area contributed by atoms with E-state index in [1.165, 1.54) is 6.33 Å². The number of halogens is 1. The summed E-state index contributed by atoms with van der Waals surface area (Å²) in [6.07, 6.45) is 1.23. The maximum absolute atomic E-state index is 11.0. The molecule has 2 rings (SSSR count). The Kier molecular flexibility index (Phi) is 3.39. The Bertz CT molecular complexity index is 442. The Morgan fingerprint density at radius 1 is 1.65 bits per heavy atom. The third-order valence-electron chi connectivity index (χ3n) is 2.58. The van der Waals surface area contributed by atoms with Crippen LogP contribution in [0, 0.1) is 10.1 Å². The Balaban J connectivity index is 2.43. The van der Waals surface area contributed by atoms with Gasteiger partial charge in [0.1, 0.15) is 6.33 Å². The Morgan fingerprint density at radius 3 is 3.06 bits per heavy atom. The van der Waals surface area contributed by atoms with Crippen molar-refractivity contribution in [1.29, 1.82) is 0 Å². The molecule has 8 heteroatoms. The van der Waals surface area contributed by atoms with E-state index in [9.17, 15) is 10.1 Å². The lowest BCUT2D eigenvalue weighted by molar-refractivity contribution is -0.384. The third kappa shape index (κ3) is 2.29. The summed E-state index contributed by atoms with van der Waals surface area (Å²) in [5.41, 5.74) is -0.247. The van der Waals surface area contributed by atoms with Crippen LogP contribution in [0.15, 0.2) is 6.33 Å². The van der Waals surface area contributed by atoms with Gasteiger partial charge in [-0.25, -0.2) is 9.97 Å². The topological polar surface area (TPSA) is 81.4 Å². The molecule has 1 fully saturated rings. The molecule has 1 aromatic heterocycles. The molecule has 1 aromatic rings. The Hall–Kier alpha value is -1.47. The molecule has 2 heterocycles. The van der Waals surface area contributed by atoms with Crippen LogP contribution in [0.1, 0.15) is 6.92 Å². The number of hydrogen-bond donors (Lipinski definition) is 0. The molecule has 92 valence electrons. The van der Waals surface area contributed by atoms with Gasteiger partial charge in [0.2, 0.25) is 11.0 Å². The van der Waals surface area contributed by atoms with Gasteiger partial charge in [0.25, 0.3) is 0 Å². The van der Waals surface area contributed by atoms with Crippen LogP contribution in [-0.2, 0) is 4.74 Å². The SMILES string of the molecule is C[C@@H]1COCCN1c1ncnc(Cl)c1[N+](=O)[O-]. The average molecular weight is 259 g/mol. The molecule has 1 aliphatic heterocycles. The summed E-state index contributed by atoms with van der Waals surface area (Å²) >= 11 is 5.74. The third-order valence-corrected chi connectivity index (χ3v) is 2.86. The number of nitro groups is 1. The Labute approximate surface area is 103 Å². The molecule has 0 N–H and O–H groups in total. The first kappa shape index (κ1) is 12.0. The van der Waals surface area contributed by atoms with E-state index in [2.05, 4.69) is 9.97 Å². The standard InChI is InChI=1S/C9H11ClN4O3/c1-6-4-17-3-2-13(6)9-7(14(15)16)8(10)11-5-12-9/h5-6H,2-4H2,1H3/t6-/m1/s1. The second kappa shape index (κ2) is 4.80. The van der Waals surface area contributed by atoms with Gasteiger partial charge in [-0.1, -0.05) is 11.6 Å². The molecule has 0 radical (unpaired) electrons. The van der Waals surface area contributed by atoms with Crippen LogP contribution in [0.4, 0.5) is 11.5 Å². The lowest BCUT2D eigenvalue weighted by atomic mass is 10.2. The smallest absolute Gasteiger partial charge is 0.348 e. The molecule has 0 spiro atoms. The molecule has 0 aliphatic carbocycles. The quantitative estimate of drug-likeness (QED) is 0.451. The highest BCUT2D eigenvalue weighted by molar-refractivity contribution is 6.31. The Morgan fingerprint density at radius 2 is 2.41 bits per heavy atom. The maximum Gasteiger partial charge on any atom is 0.348 e. The molecule has 1 aliphatic rings. The molecular formula is C9H11ClN4O3. The largest absolute Gasteiger partial charge is 0.377 e. The first-order chi connectivity index (χ1) is 8.11. The molecule has 0 bridgehead atoms. The van der Waals surface area contributed by atoms with Gasteiger partial charge in [-0.15, -0.1) is 0 Å². The monoisotopic (exact) mass is 258 g/mol. The fraction of sp³-hybridized carbons (Fsp3) is 0.556. The number of nitrogens with zero attached hydrogens (tertiary/aromatic N) is 4. The highest BCUT2D eigenvalue weighted by Gasteiger charge is 2.30. The van der Waals surface area contributed by atoms with Gasteiger partial charge in [0.15, 0.2) is 0 Å². The molecule has 0 amide bonds. The van der Waals surface area contributed by atoms with E-state index >= 15 is 0 Å². The van der Waals surface area contributed by atoms with E-state index in [0.29, 0.717) is 19.8 Å². The van der Waals surface area contributed by atoms with Crippen molar-refractivity contribution >= 4 is 23.1 Å². The van der Waals surface area contributed by atoms with Gasteiger partial charge >= 0.3 is 5.69 Å². The summed E-state index contributed by atoms with van der Waals surface area (Å²) in [4.78, 5) is 19.8. The molecule has 0 saturated carbocycles. The van der Waals surface area contributed by atoms with Crippen LogP contribution < -0.4 is 4.90 Å². The molecule has 7 nitrogen and oxygen atoms in total. The van der Waals surface area contributed by atoms with Gasteiger partial charge in [0.05, 0.1) is 24.2 Å². The highest BCUT2D eigenvalue weighted by Crippen LogP contribution is 2.32. The zero-order valence-electron chi connectivity index (χ0n) is 9.17. The number of anilines is 1. The van der Waals surface area contributed by atoms with Crippen molar-refractivity contribution in [1.82, 2.24) is 9.97 Å². The zero-order valence-corrected chi connectivity index (χ0v) is 9.92. The second-order valence-electron chi connectivity index (χ2n) is 3.71. The van der Waals surface area contributed by atoms with Crippen molar-refractivity contribution in [3.8, 4) is 0 Å². The fourth-order valence-corrected chi connectivity index (χ4v) is 1.95. The van der Waals surface area contributed by atoms with Crippen molar-refractivity contribution in [2.75, 3.05) is 24.7 Å². The second-order valence-corrected chi connectivity index (χ2v) is 4.07. The van der Waals surface area contributed by atoms with E-state index in [1.54, 1.807) is 0 Å². The van der Waals surface area contributed by atoms with E-state index < -0.39 is 4.92 Å². The minimum atomic E-state index is -0.556. The normalized spacial score (nSPS) is 20.4. The highest BCUT2D eigenvalue weighted by atomic mass is 35.5. The molecule has 17 heavy (non-hydrogen) atoms. The summed E-state index contributed by atoms with van der Waals surface area (Å²) in [6, 6.07) is 0.0217. The summed E-state index contributed by atoms with van der Waals surface area (Å²) < 4.78 is 5.28. The zero-order chi connectivity index (χ0) is 12.4. The van der Waals surface area contributed by atoms with Gasteiger partial charge in [0, 0.05) is 6.54 Å². The summed E-state index contributed by atoms with van der Waals surface area (Å²) in [7, 11) is 0. The number of aromatic nitrogens is 2. The number of rotatable bonds is 2. The van der Waals surface area contributed by atoms with Crippen LogP contribution in [0.3, 0.4) is 0 Å². The number of morpholine rings is 1. The van der Waals surface area contributed by atoms with Crippen LogP contribution >= 0.6 is 11.6 Å². The predicted molar refractivity (Wildman–Crippen MR) is 61.3 cm³/mol. The number of hydrogen-bond acceptors (Lipinski definition) is 6. The fourth-order valence-electron chi connectivity index (χ4n) is 1.76. The van der Waals surface area contributed by atoms with E-state index in [0.717, 1.165) is 0 Å². The molecule has 0 aromatic carbocycles. The van der Waals surface area contributed by atoms with Crippen LogP contribution in [0.25, 0.3) is 0 Å². The van der Waals surface area contributed by atoms with Crippen molar-refractivity contribution in [3.05, 3.63) is 21.6 Å². The number of ether oxygens (including phenoxy) is 1. The minimum Gasteiger partial charge on any atom is -0.377 e. The van der Waals surface area contributed by atoms with Gasteiger partial charge in [-0.05, 0) is 6.92 Å². The molecule has 1 atom stereocenters. The summed E-state index contributed by atoms with van der Waals surface area (Å²) in [5.74, 6) is 0.255. The van der Waals surface area contributed by atoms with Gasteiger partial charge < -0.3 is 9.64 Å². The maximum atomic E-state index is 11.0. The molecule has 0 unspecified atom stereocenters. The van der Waals surface area contributed by atoms with Crippen LogP contribution in [0.5, 0.6) is 0 Å². The summed E-state index contributed by atoms with van der Waals surface area (Å²) in [5, 5.41) is 10.8. The lowest BCUT2D eigenvalue weighted by Gasteiger charge is -2.33. The lowest BCUT2D eigenvalue weighted by Crippen LogP contribution is -2.44.